The lowest BCUT2D eigenvalue weighted by Crippen LogP contribution is -2.45. The molecule has 1 aliphatic heterocycles. The van der Waals surface area contributed by atoms with E-state index in [1.165, 1.54) is 5.70 Å². The van der Waals surface area contributed by atoms with Crippen molar-refractivity contribution in [3.8, 4) is 0 Å². The first kappa shape index (κ1) is 11.3. The summed E-state index contributed by atoms with van der Waals surface area (Å²) in [5.41, 5.74) is 1.67. The zero-order valence-electron chi connectivity index (χ0n) is 10.3. The second kappa shape index (κ2) is 3.41. The number of aliphatic imine (C=N–C) groups is 1. The molecule has 0 unspecified atom stereocenters. The summed E-state index contributed by atoms with van der Waals surface area (Å²) in [6.07, 6.45) is 3.97. The van der Waals surface area contributed by atoms with Crippen molar-refractivity contribution >= 4 is 6.21 Å². The summed E-state index contributed by atoms with van der Waals surface area (Å²) in [4.78, 5) is 6.68. The quantitative estimate of drug-likeness (QED) is 0.578. The predicted octanol–water partition coefficient (Wildman–Crippen LogP) is 3.06. The van der Waals surface area contributed by atoms with Crippen LogP contribution in [0.25, 0.3) is 0 Å². The Labute approximate surface area is 87.7 Å². The number of nitrogens with zero attached hydrogens (tertiary/aromatic N) is 2. The molecule has 80 valence electrons. The Hall–Kier alpha value is -0.790. The van der Waals surface area contributed by atoms with Crippen LogP contribution in [-0.2, 0) is 0 Å². The highest BCUT2D eigenvalue weighted by Crippen LogP contribution is 2.33. The minimum atomic E-state index is 0.172. The van der Waals surface area contributed by atoms with Crippen molar-refractivity contribution in [3.05, 3.63) is 11.9 Å². The van der Waals surface area contributed by atoms with E-state index >= 15 is 0 Å². The monoisotopic (exact) mass is 194 g/mol. The van der Waals surface area contributed by atoms with Crippen LogP contribution in [0.5, 0.6) is 0 Å². The van der Waals surface area contributed by atoms with Crippen LogP contribution in [0.2, 0.25) is 0 Å². The molecular formula is C12H22N2. The minimum Gasteiger partial charge on any atom is -0.363 e. The number of hydrogen-bond acceptors (Lipinski definition) is 2. The lowest BCUT2D eigenvalue weighted by Gasteiger charge is -2.44. The summed E-state index contributed by atoms with van der Waals surface area (Å²) in [6.45, 7) is 14.4. The van der Waals surface area contributed by atoms with E-state index in [1.807, 2.05) is 12.4 Å². The third kappa shape index (κ3) is 2.37. The van der Waals surface area contributed by atoms with Crippen LogP contribution in [0.15, 0.2) is 16.9 Å². The van der Waals surface area contributed by atoms with Crippen molar-refractivity contribution in [2.45, 2.75) is 47.1 Å². The van der Waals surface area contributed by atoms with E-state index in [9.17, 15) is 0 Å². The molecule has 2 heteroatoms. The third-order valence-corrected chi connectivity index (χ3v) is 2.44. The maximum absolute atomic E-state index is 4.26. The summed E-state index contributed by atoms with van der Waals surface area (Å²) < 4.78 is 0. The zero-order chi connectivity index (χ0) is 11.0. The van der Waals surface area contributed by atoms with Gasteiger partial charge in [-0.25, -0.2) is 0 Å². The number of hydrogen-bond donors (Lipinski definition) is 0. The topological polar surface area (TPSA) is 15.6 Å². The fourth-order valence-corrected chi connectivity index (χ4v) is 1.65. The lowest BCUT2D eigenvalue weighted by atomic mass is 9.88. The van der Waals surface area contributed by atoms with Gasteiger partial charge in [0.1, 0.15) is 0 Å². The van der Waals surface area contributed by atoms with E-state index in [0.29, 0.717) is 0 Å². The van der Waals surface area contributed by atoms with Gasteiger partial charge in [-0.05, 0) is 20.8 Å². The SMILES string of the molecule is CC(C)(C)C1=CN=CCN1C(C)(C)C. The molecule has 1 rings (SSSR count). The van der Waals surface area contributed by atoms with E-state index in [4.69, 9.17) is 0 Å². The highest BCUT2D eigenvalue weighted by Gasteiger charge is 2.30. The molecule has 14 heavy (non-hydrogen) atoms. The summed E-state index contributed by atoms with van der Waals surface area (Å²) in [6, 6.07) is 0. The van der Waals surface area contributed by atoms with E-state index in [1.54, 1.807) is 0 Å². The Morgan fingerprint density at radius 2 is 1.71 bits per heavy atom. The van der Waals surface area contributed by atoms with Gasteiger partial charge in [0.05, 0.1) is 6.54 Å². The van der Waals surface area contributed by atoms with Gasteiger partial charge in [0.2, 0.25) is 0 Å². The maximum Gasteiger partial charge on any atom is 0.0535 e. The molecule has 0 aromatic heterocycles. The smallest absolute Gasteiger partial charge is 0.0535 e. The first-order chi connectivity index (χ1) is 6.23. The highest BCUT2D eigenvalue weighted by molar-refractivity contribution is 5.62. The molecule has 0 spiro atoms. The molecule has 1 heterocycles. The molecule has 0 aromatic rings. The first-order valence-electron chi connectivity index (χ1n) is 5.23. The van der Waals surface area contributed by atoms with Crippen molar-refractivity contribution in [3.63, 3.8) is 0 Å². The van der Waals surface area contributed by atoms with Gasteiger partial charge in [-0.2, -0.15) is 0 Å². The Morgan fingerprint density at radius 3 is 2.07 bits per heavy atom. The Kier molecular flexibility index (Phi) is 2.75. The molecule has 2 nitrogen and oxygen atoms in total. The molecule has 0 amide bonds. The molecule has 0 saturated heterocycles. The van der Waals surface area contributed by atoms with Gasteiger partial charge in [-0.15, -0.1) is 0 Å². The maximum atomic E-state index is 4.26. The number of rotatable bonds is 0. The molecule has 0 saturated carbocycles. The first-order valence-corrected chi connectivity index (χ1v) is 5.23. The molecule has 0 radical (unpaired) electrons. The van der Waals surface area contributed by atoms with Crippen molar-refractivity contribution in [1.29, 1.82) is 0 Å². The minimum absolute atomic E-state index is 0.172. The van der Waals surface area contributed by atoms with E-state index < -0.39 is 0 Å². The van der Waals surface area contributed by atoms with E-state index in [-0.39, 0.29) is 11.0 Å². The van der Waals surface area contributed by atoms with Crippen LogP contribution >= 0.6 is 0 Å². The van der Waals surface area contributed by atoms with Crippen LogP contribution in [0.1, 0.15) is 41.5 Å². The van der Waals surface area contributed by atoms with Gasteiger partial charge in [-0.1, -0.05) is 20.8 Å². The summed E-state index contributed by atoms with van der Waals surface area (Å²) in [7, 11) is 0. The molecule has 0 aliphatic carbocycles. The van der Waals surface area contributed by atoms with Crippen molar-refractivity contribution in [1.82, 2.24) is 4.90 Å². The molecule has 0 atom stereocenters. The number of allylic oxidation sites excluding steroid dienone is 1. The van der Waals surface area contributed by atoms with Crippen LogP contribution in [-0.4, -0.2) is 23.2 Å². The molecule has 0 aromatic carbocycles. The van der Waals surface area contributed by atoms with Gasteiger partial charge in [0.25, 0.3) is 0 Å². The highest BCUT2D eigenvalue weighted by atomic mass is 15.2. The van der Waals surface area contributed by atoms with E-state index in [2.05, 4.69) is 51.4 Å². The predicted molar refractivity (Wildman–Crippen MR) is 62.5 cm³/mol. The molecule has 0 N–H and O–H groups in total. The molecule has 0 fully saturated rings. The van der Waals surface area contributed by atoms with Crippen molar-refractivity contribution < 1.29 is 0 Å². The van der Waals surface area contributed by atoms with Crippen molar-refractivity contribution in [2.75, 3.05) is 6.54 Å². The third-order valence-electron chi connectivity index (χ3n) is 2.44. The Balaban J connectivity index is 3.00. The van der Waals surface area contributed by atoms with Gasteiger partial charge in [0.15, 0.2) is 0 Å². The summed E-state index contributed by atoms with van der Waals surface area (Å²) in [5, 5.41) is 0. The molecule has 0 bridgehead atoms. The normalized spacial score (nSPS) is 18.4. The zero-order valence-corrected chi connectivity index (χ0v) is 10.3. The average Bonchev–Trinajstić information content (AvgIpc) is 2.01. The molecular weight excluding hydrogens is 172 g/mol. The van der Waals surface area contributed by atoms with Gasteiger partial charge in [0, 0.05) is 29.1 Å². The van der Waals surface area contributed by atoms with Gasteiger partial charge < -0.3 is 4.90 Å². The van der Waals surface area contributed by atoms with Crippen LogP contribution < -0.4 is 0 Å². The lowest BCUT2D eigenvalue weighted by molar-refractivity contribution is 0.167. The largest absolute Gasteiger partial charge is 0.363 e. The van der Waals surface area contributed by atoms with E-state index in [0.717, 1.165) is 6.54 Å². The second-order valence-corrected chi connectivity index (χ2v) is 5.88. The molecule has 1 aliphatic rings. The second-order valence-electron chi connectivity index (χ2n) is 5.88. The Bertz CT molecular complexity index is 261. The average molecular weight is 194 g/mol. The standard InChI is InChI=1S/C12H22N2/c1-11(2,3)10-9-13-7-8-14(10)12(4,5)6/h7,9H,8H2,1-6H3. The van der Waals surface area contributed by atoms with Gasteiger partial charge in [-0.3, -0.25) is 4.99 Å². The van der Waals surface area contributed by atoms with Crippen molar-refractivity contribution in [2.24, 2.45) is 10.4 Å². The van der Waals surface area contributed by atoms with Crippen LogP contribution in [0, 0.1) is 5.41 Å². The fraction of sp³-hybridized carbons (Fsp3) is 0.750. The van der Waals surface area contributed by atoms with Crippen LogP contribution in [0.4, 0.5) is 0 Å². The van der Waals surface area contributed by atoms with Gasteiger partial charge >= 0.3 is 0 Å². The fourth-order valence-electron chi connectivity index (χ4n) is 1.65. The summed E-state index contributed by atoms with van der Waals surface area (Å²) in [5.74, 6) is 0. The Morgan fingerprint density at radius 1 is 1.14 bits per heavy atom. The van der Waals surface area contributed by atoms with Crippen LogP contribution in [0.3, 0.4) is 0 Å². The summed E-state index contributed by atoms with van der Waals surface area (Å²) >= 11 is 0.